The SMILES string of the molecule is CCC(NCc1cnc[nH]1)c1ncc[nH]1. The first kappa shape index (κ1) is 9.92. The first-order valence-corrected chi connectivity index (χ1v) is 5.10. The Morgan fingerprint density at radius 2 is 2.40 bits per heavy atom. The third-order valence-corrected chi connectivity index (χ3v) is 2.35. The number of imidazole rings is 2. The van der Waals surface area contributed by atoms with Gasteiger partial charge < -0.3 is 15.3 Å². The van der Waals surface area contributed by atoms with Gasteiger partial charge in [0, 0.05) is 30.8 Å². The van der Waals surface area contributed by atoms with Gasteiger partial charge in [-0.3, -0.25) is 0 Å². The number of nitrogens with one attached hydrogen (secondary N) is 3. The van der Waals surface area contributed by atoms with E-state index in [9.17, 15) is 0 Å². The van der Waals surface area contributed by atoms with Crippen LogP contribution in [0.2, 0.25) is 0 Å². The summed E-state index contributed by atoms with van der Waals surface area (Å²) in [5, 5.41) is 3.41. The Hall–Kier alpha value is -1.62. The van der Waals surface area contributed by atoms with Gasteiger partial charge in [-0.2, -0.15) is 0 Å². The van der Waals surface area contributed by atoms with Gasteiger partial charge >= 0.3 is 0 Å². The van der Waals surface area contributed by atoms with Gasteiger partial charge in [0.1, 0.15) is 5.82 Å². The molecule has 2 aromatic heterocycles. The molecule has 0 radical (unpaired) electrons. The zero-order valence-corrected chi connectivity index (χ0v) is 8.70. The fraction of sp³-hybridized carbons (Fsp3) is 0.400. The predicted octanol–water partition coefficient (Wildman–Crippen LogP) is 1.37. The Morgan fingerprint density at radius 3 is 3.00 bits per heavy atom. The average molecular weight is 205 g/mol. The molecule has 0 saturated heterocycles. The second-order valence-electron chi connectivity index (χ2n) is 3.39. The summed E-state index contributed by atoms with van der Waals surface area (Å²) >= 11 is 0. The minimum atomic E-state index is 0.267. The lowest BCUT2D eigenvalue weighted by atomic mass is 10.2. The van der Waals surface area contributed by atoms with Gasteiger partial charge in [-0.25, -0.2) is 9.97 Å². The number of rotatable bonds is 5. The van der Waals surface area contributed by atoms with Crippen molar-refractivity contribution in [3.8, 4) is 0 Å². The quantitative estimate of drug-likeness (QED) is 0.690. The molecule has 5 heteroatoms. The number of nitrogens with zero attached hydrogens (tertiary/aromatic N) is 2. The van der Waals surface area contributed by atoms with Gasteiger partial charge in [-0.05, 0) is 6.42 Å². The maximum Gasteiger partial charge on any atom is 0.123 e. The third kappa shape index (κ3) is 2.44. The largest absolute Gasteiger partial charge is 0.347 e. The Morgan fingerprint density at radius 1 is 1.47 bits per heavy atom. The van der Waals surface area contributed by atoms with E-state index in [0.29, 0.717) is 0 Å². The lowest BCUT2D eigenvalue weighted by Crippen LogP contribution is -2.21. The molecule has 3 N–H and O–H groups in total. The fourth-order valence-corrected chi connectivity index (χ4v) is 1.52. The molecule has 0 spiro atoms. The van der Waals surface area contributed by atoms with Gasteiger partial charge in [0.05, 0.1) is 12.4 Å². The first-order valence-electron chi connectivity index (χ1n) is 5.10. The van der Waals surface area contributed by atoms with Crippen LogP contribution in [0, 0.1) is 0 Å². The van der Waals surface area contributed by atoms with Crippen molar-refractivity contribution in [2.45, 2.75) is 25.9 Å². The van der Waals surface area contributed by atoms with Crippen LogP contribution in [-0.2, 0) is 6.54 Å². The van der Waals surface area contributed by atoms with Crippen LogP contribution in [0.25, 0.3) is 0 Å². The Bertz CT molecular complexity index is 364. The van der Waals surface area contributed by atoms with E-state index in [0.717, 1.165) is 24.5 Å². The second kappa shape index (κ2) is 4.75. The number of H-pyrrole nitrogens is 2. The number of aromatic nitrogens is 4. The van der Waals surface area contributed by atoms with Crippen molar-refractivity contribution in [1.82, 2.24) is 25.3 Å². The predicted molar refractivity (Wildman–Crippen MR) is 57.0 cm³/mol. The van der Waals surface area contributed by atoms with Crippen molar-refractivity contribution < 1.29 is 0 Å². The fourth-order valence-electron chi connectivity index (χ4n) is 1.52. The molecule has 5 nitrogen and oxygen atoms in total. The van der Waals surface area contributed by atoms with Gasteiger partial charge in [0.2, 0.25) is 0 Å². The molecule has 0 amide bonds. The van der Waals surface area contributed by atoms with Crippen molar-refractivity contribution in [2.24, 2.45) is 0 Å². The molecule has 0 bridgehead atoms. The average Bonchev–Trinajstić information content (AvgIpc) is 2.90. The van der Waals surface area contributed by atoms with Crippen LogP contribution in [0.5, 0.6) is 0 Å². The van der Waals surface area contributed by atoms with Crippen LogP contribution in [0.4, 0.5) is 0 Å². The van der Waals surface area contributed by atoms with Crippen LogP contribution < -0.4 is 5.32 Å². The van der Waals surface area contributed by atoms with Crippen molar-refractivity contribution >= 4 is 0 Å². The molecule has 1 unspecified atom stereocenters. The Balaban J connectivity index is 1.92. The highest BCUT2D eigenvalue weighted by Gasteiger charge is 2.10. The standard InChI is InChI=1S/C10H15N5/c1-2-9(10-12-3-4-13-10)14-6-8-5-11-7-15-8/h3-5,7,9,14H,2,6H2,1H3,(H,11,15)(H,12,13). The minimum absolute atomic E-state index is 0.267. The number of hydrogen-bond donors (Lipinski definition) is 3. The summed E-state index contributed by atoms with van der Waals surface area (Å²) in [7, 11) is 0. The summed E-state index contributed by atoms with van der Waals surface area (Å²) in [6, 6.07) is 0.267. The third-order valence-electron chi connectivity index (χ3n) is 2.35. The lowest BCUT2D eigenvalue weighted by molar-refractivity contribution is 0.494. The van der Waals surface area contributed by atoms with Gasteiger partial charge in [0.25, 0.3) is 0 Å². The van der Waals surface area contributed by atoms with Crippen LogP contribution in [0.1, 0.15) is 30.9 Å². The second-order valence-corrected chi connectivity index (χ2v) is 3.39. The van der Waals surface area contributed by atoms with Crippen LogP contribution in [-0.4, -0.2) is 19.9 Å². The first-order chi connectivity index (χ1) is 7.40. The highest BCUT2D eigenvalue weighted by atomic mass is 15.0. The smallest absolute Gasteiger partial charge is 0.123 e. The van der Waals surface area contributed by atoms with Crippen molar-refractivity contribution in [3.05, 3.63) is 36.4 Å². The zero-order chi connectivity index (χ0) is 10.5. The maximum absolute atomic E-state index is 4.24. The highest BCUT2D eigenvalue weighted by Crippen LogP contribution is 2.11. The van der Waals surface area contributed by atoms with E-state index < -0.39 is 0 Å². The summed E-state index contributed by atoms with van der Waals surface area (Å²) < 4.78 is 0. The maximum atomic E-state index is 4.24. The summed E-state index contributed by atoms with van der Waals surface area (Å²) in [6.07, 6.45) is 8.13. The molecular formula is C10H15N5. The molecule has 0 aliphatic heterocycles. The van der Waals surface area contributed by atoms with Crippen molar-refractivity contribution in [3.63, 3.8) is 0 Å². The van der Waals surface area contributed by atoms with E-state index in [2.05, 4.69) is 32.2 Å². The molecule has 0 aliphatic carbocycles. The highest BCUT2D eigenvalue weighted by molar-refractivity contribution is 4.98. The number of aromatic amines is 2. The van der Waals surface area contributed by atoms with E-state index >= 15 is 0 Å². The monoisotopic (exact) mass is 205 g/mol. The molecule has 0 saturated carbocycles. The summed E-state index contributed by atoms with van der Waals surface area (Å²) in [5.74, 6) is 0.983. The van der Waals surface area contributed by atoms with Crippen LogP contribution in [0.3, 0.4) is 0 Å². The lowest BCUT2D eigenvalue weighted by Gasteiger charge is -2.13. The van der Waals surface area contributed by atoms with Crippen LogP contribution >= 0.6 is 0 Å². The molecule has 2 heterocycles. The zero-order valence-electron chi connectivity index (χ0n) is 8.70. The van der Waals surface area contributed by atoms with Gasteiger partial charge in [0.15, 0.2) is 0 Å². The van der Waals surface area contributed by atoms with E-state index in [4.69, 9.17) is 0 Å². The van der Waals surface area contributed by atoms with Gasteiger partial charge in [-0.1, -0.05) is 6.92 Å². The van der Waals surface area contributed by atoms with E-state index in [1.165, 1.54) is 0 Å². The molecule has 2 aromatic rings. The molecule has 1 atom stereocenters. The van der Waals surface area contributed by atoms with E-state index in [1.54, 1.807) is 12.5 Å². The Labute approximate surface area is 88.4 Å². The molecule has 15 heavy (non-hydrogen) atoms. The van der Waals surface area contributed by atoms with Crippen molar-refractivity contribution in [1.29, 1.82) is 0 Å². The molecule has 0 fully saturated rings. The Kier molecular flexibility index (Phi) is 3.14. The summed E-state index contributed by atoms with van der Waals surface area (Å²) in [5.41, 5.74) is 1.08. The minimum Gasteiger partial charge on any atom is -0.347 e. The van der Waals surface area contributed by atoms with Crippen molar-refractivity contribution in [2.75, 3.05) is 0 Å². The molecule has 80 valence electrons. The summed E-state index contributed by atoms with van der Waals surface area (Å²) in [6.45, 7) is 2.91. The van der Waals surface area contributed by atoms with E-state index in [-0.39, 0.29) is 6.04 Å². The molecule has 0 aliphatic rings. The molecular weight excluding hydrogens is 190 g/mol. The number of hydrogen-bond acceptors (Lipinski definition) is 3. The topological polar surface area (TPSA) is 69.4 Å². The van der Waals surface area contributed by atoms with Gasteiger partial charge in [-0.15, -0.1) is 0 Å². The normalized spacial score (nSPS) is 12.9. The summed E-state index contributed by atoms with van der Waals surface area (Å²) in [4.78, 5) is 14.4. The van der Waals surface area contributed by atoms with E-state index in [1.807, 2.05) is 12.4 Å². The van der Waals surface area contributed by atoms with Crippen LogP contribution in [0.15, 0.2) is 24.9 Å². The molecule has 0 aromatic carbocycles. The molecule has 2 rings (SSSR count).